The van der Waals surface area contributed by atoms with E-state index >= 15 is 0 Å². The Balaban J connectivity index is 4.06. The lowest BCUT2D eigenvalue weighted by molar-refractivity contribution is -0.870. The molecule has 0 aromatic carbocycles. The van der Waals surface area contributed by atoms with Gasteiger partial charge in [-0.15, -0.1) is 0 Å². The number of hydrogen-bond acceptors (Lipinski definition) is 7. The molecule has 8 nitrogen and oxygen atoms in total. The van der Waals surface area contributed by atoms with Crippen molar-refractivity contribution in [1.82, 2.24) is 0 Å². The van der Waals surface area contributed by atoms with Crippen molar-refractivity contribution in [1.29, 1.82) is 0 Å². The van der Waals surface area contributed by atoms with E-state index < -0.39 is 13.9 Å². The third-order valence-corrected chi connectivity index (χ3v) is 13.3. The van der Waals surface area contributed by atoms with E-state index in [0.717, 1.165) is 44.9 Å². The van der Waals surface area contributed by atoms with E-state index in [1.807, 2.05) is 21.1 Å². The molecule has 9 heteroatoms. The van der Waals surface area contributed by atoms with Gasteiger partial charge in [-0.25, -0.2) is 0 Å². The summed E-state index contributed by atoms with van der Waals surface area (Å²) in [7, 11) is 1.36. The van der Waals surface area contributed by atoms with Crippen molar-refractivity contribution in [3.63, 3.8) is 0 Å². The zero-order chi connectivity index (χ0) is 49.0. The second kappa shape index (κ2) is 50.8. The number of phosphoric ester groups is 1. The maximum absolute atomic E-state index is 12.8. The Morgan fingerprint density at radius 1 is 0.463 bits per heavy atom. The highest BCUT2D eigenvalue weighted by Crippen LogP contribution is 2.38. The van der Waals surface area contributed by atoms with Gasteiger partial charge in [-0.2, -0.15) is 0 Å². The van der Waals surface area contributed by atoms with Crippen molar-refractivity contribution in [2.45, 2.75) is 264 Å². The number of unbranched alkanes of at least 4 members (excludes halogenated alkanes) is 31. The normalized spacial score (nSPS) is 13.8. The molecule has 2 unspecified atom stereocenters. The molecule has 67 heavy (non-hydrogen) atoms. The van der Waals surface area contributed by atoms with Gasteiger partial charge in [0.1, 0.15) is 19.3 Å². The number of esters is 1. The highest BCUT2D eigenvalue weighted by Gasteiger charge is 2.20. The molecule has 0 aliphatic heterocycles. The van der Waals surface area contributed by atoms with Gasteiger partial charge in [0.15, 0.2) is 0 Å². The maximum atomic E-state index is 12.8. The van der Waals surface area contributed by atoms with Crippen LogP contribution in [0.25, 0.3) is 0 Å². The molecule has 0 radical (unpaired) electrons. The maximum Gasteiger partial charge on any atom is 0.306 e. The SMILES string of the molecule is CCCCC/C=C\C/C=C\CCCCCCCCCCCC(=O)OC(COCCCCCCCCCCCCCCCC/C=C\C/C=C\CCCCCCC)COP(=O)([O-])OCC[N+](C)(C)C. The van der Waals surface area contributed by atoms with Crippen LogP contribution in [0.5, 0.6) is 0 Å². The predicted octanol–water partition coefficient (Wildman–Crippen LogP) is 17.2. The smallest absolute Gasteiger partial charge is 0.306 e. The lowest BCUT2D eigenvalue weighted by Crippen LogP contribution is -2.37. The van der Waals surface area contributed by atoms with Crippen LogP contribution in [0, 0.1) is 0 Å². The fourth-order valence-corrected chi connectivity index (χ4v) is 8.69. The van der Waals surface area contributed by atoms with E-state index in [-0.39, 0.29) is 25.8 Å². The molecule has 0 heterocycles. The molecular weight excluding hydrogens is 854 g/mol. The summed E-state index contributed by atoms with van der Waals surface area (Å²) in [4.78, 5) is 25.2. The minimum atomic E-state index is -4.53. The predicted molar refractivity (Wildman–Crippen MR) is 286 cm³/mol. The number of allylic oxidation sites excluding steroid dienone is 8. The number of quaternary nitrogens is 1. The van der Waals surface area contributed by atoms with E-state index in [2.05, 4.69) is 62.5 Å². The van der Waals surface area contributed by atoms with Gasteiger partial charge in [0.25, 0.3) is 7.82 Å². The van der Waals surface area contributed by atoms with Crippen molar-refractivity contribution in [2.75, 3.05) is 54.1 Å². The van der Waals surface area contributed by atoms with Gasteiger partial charge in [0.05, 0.1) is 34.4 Å². The zero-order valence-corrected chi connectivity index (χ0v) is 45.7. The van der Waals surface area contributed by atoms with E-state index in [1.165, 1.54) is 193 Å². The Morgan fingerprint density at radius 2 is 0.821 bits per heavy atom. The average molecular weight is 964 g/mol. The molecule has 0 N–H and O–H groups in total. The number of ether oxygens (including phenoxy) is 2. The number of carbonyl (C=O) groups is 1. The number of carbonyl (C=O) groups excluding carboxylic acids is 1. The van der Waals surface area contributed by atoms with Gasteiger partial charge in [0.2, 0.25) is 0 Å². The van der Waals surface area contributed by atoms with E-state index in [4.69, 9.17) is 18.5 Å². The Bertz CT molecular complexity index is 1210. The molecular formula is C58H110NO7P. The summed E-state index contributed by atoms with van der Waals surface area (Å²) >= 11 is 0. The van der Waals surface area contributed by atoms with Crippen LogP contribution in [0.3, 0.4) is 0 Å². The van der Waals surface area contributed by atoms with Gasteiger partial charge in [-0.3, -0.25) is 9.36 Å². The first kappa shape index (κ1) is 65.5. The molecule has 0 saturated heterocycles. The first-order valence-electron chi connectivity index (χ1n) is 28.4. The van der Waals surface area contributed by atoms with Gasteiger partial charge < -0.3 is 27.9 Å². The minimum absolute atomic E-state index is 0.0250. The quantitative estimate of drug-likeness (QED) is 0.0197. The average Bonchev–Trinajstić information content (AvgIpc) is 3.29. The summed E-state index contributed by atoms with van der Waals surface area (Å²) < 4.78 is 34.8. The molecule has 0 bridgehead atoms. The summed E-state index contributed by atoms with van der Waals surface area (Å²) in [6.45, 7) is 5.41. The molecule has 0 aromatic heterocycles. The molecule has 0 amide bonds. The largest absolute Gasteiger partial charge is 0.756 e. The Hall–Kier alpha value is -1.54. The van der Waals surface area contributed by atoms with E-state index in [1.54, 1.807) is 0 Å². The second-order valence-electron chi connectivity index (χ2n) is 20.3. The lowest BCUT2D eigenvalue weighted by Gasteiger charge is -2.28. The summed E-state index contributed by atoms with van der Waals surface area (Å²) in [5.41, 5.74) is 0. The van der Waals surface area contributed by atoms with Gasteiger partial charge in [0, 0.05) is 13.0 Å². The number of phosphoric acid groups is 1. The third kappa shape index (κ3) is 55.3. The zero-order valence-electron chi connectivity index (χ0n) is 44.9. The number of nitrogens with zero attached hydrogens (tertiary/aromatic N) is 1. The van der Waals surface area contributed by atoms with Gasteiger partial charge in [-0.1, -0.05) is 223 Å². The summed E-state index contributed by atoms with van der Waals surface area (Å²) in [5.74, 6) is -0.336. The van der Waals surface area contributed by atoms with Crippen molar-refractivity contribution in [3.05, 3.63) is 48.6 Å². The fraction of sp³-hybridized carbons (Fsp3) is 0.845. The molecule has 2 atom stereocenters. The van der Waals surface area contributed by atoms with Crippen molar-refractivity contribution < 1.29 is 37.3 Å². The topological polar surface area (TPSA) is 94.1 Å². The Kier molecular flexibility index (Phi) is 49.7. The number of hydrogen-bond donors (Lipinski definition) is 0. The van der Waals surface area contributed by atoms with Crippen LogP contribution in [0.4, 0.5) is 0 Å². The standard InChI is InChI=1S/C58H110NO7P/c1-6-8-10-12-14-16-18-20-22-24-26-27-28-29-30-31-32-34-36-38-40-42-44-46-48-50-53-63-55-57(56-65-67(61,62)64-54-52-59(3,4)5)66-58(60)51-49-47-45-43-41-39-37-35-33-25-23-21-19-17-15-13-11-9-7-2/h15,17-18,20-21,23-24,26,57H,6-14,16,19,22,25,27-56H2,1-5H3/b17-15-,20-18-,23-21-,26-24-. The summed E-state index contributed by atoms with van der Waals surface area (Å²) in [6.07, 6.45) is 64.3. The first-order chi connectivity index (χ1) is 32.6. The highest BCUT2D eigenvalue weighted by molar-refractivity contribution is 7.45. The molecule has 0 spiro atoms. The Morgan fingerprint density at radius 3 is 1.24 bits per heavy atom. The van der Waals surface area contributed by atoms with Crippen LogP contribution in [-0.4, -0.2) is 70.7 Å². The number of rotatable bonds is 53. The molecule has 0 aliphatic carbocycles. The Labute approximate surface area is 416 Å². The van der Waals surface area contributed by atoms with Crippen LogP contribution >= 0.6 is 7.82 Å². The van der Waals surface area contributed by atoms with Crippen molar-refractivity contribution in [3.8, 4) is 0 Å². The van der Waals surface area contributed by atoms with Crippen molar-refractivity contribution in [2.24, 2.45) is 0 Å². The van der Waals surface area contributed by atoms with Crippen LogP contribution in [-0.2, 0) is 27.9 Å². The van der Waals surface area contributed by atoms with Crippen LogP contribution < -0.4 is 4.89 Å². The van der Waals surface area contributed by atoms with Gasteiger partial charge >= 0.3 is 5.97 Å². The fourth-order valence-electron chi connectivity index (χ4n) is 7.96. The second-order valence-corrected chi connectivity index (χ2v) is 21.7. The third-order valence-electron chi connectivity index (χ3n) is 12.4. The van der Waals surface area contributed by atoms with E-state index in [9.17, 15) is 14.3 Å². The van der Waals surface area contributed by atoms with Gasteiger partial charge in [-0.05, 0) is 77.0 Å². The molecule has 0 rings (SSSR count). The monoisotopic (exact) mass is 964 g/mol. The summed E-state index contributed by atoms with van der Waals surface area (Å²) in [6, 6.07) is 0. The van der Waals surface area contributed by atoms with Crippen LogP contribution in [0.1, 0.15) is 258 Å². The lowest BCUT2D eigenvalue weighted by atomic mass is 10.0. The molecule has 0 saturated carbocycles. The molecule has 394 valence electrons. The van der Waals surface area contributed by atoms with Crippen LogP contribution in [0.15, 0.2) is 48.6 Å². The van der Waals surface area contributed by atoms with E-state index in [0.29, 0.717) is 24.1 Å². The molecule has 0 aromatic rings. The van der Waals surface area contributed by atoms with Crippen molar-refractivity contribution >= 4 is 13.8 Å². The molecule has 0 fully saturated rings. The minimum Gasteiger partial charge on any atom is -0.756 e. The number of likely N-dealkylation sites (N-methyl/N-ethyl adjacent to an activating group) is 1. The molecule has 0 aliphatic rings. The summed E-state index contributed by atoms with van der Waals surface area (Å²) in [5, 5.41) is 0. The highest BCUT2D eigenvalue weighted by atomic mass is 31.2. The van der Waals surface area contributed by atoms with Crippen LogP contribution in [0.2, 0.25) is 0 Å². The first-order valence-corrected chi connectivity index (χ1v) is 29.8.